The highest BCUT2D eigenvalue weighted by molar-refractivity contribution is 9.10. The minimum absolute atomic E-state index is 0.670. The molecule has 17 heavy (non-hydrogen) atoms. The molecule has 0 spiro atoms. The molecule has 0 unspecified atom stereocenters. The number of hydrogen-bond acceptors (Lipinski definition) is 3. The summed E-state index contributed by atoms with van der Waals surface area (Å²) >= 11 is 3.38. The molecule has 0 saturated heterocycles. The lowest BCUT2D eigenvalue weighted by molar-refractivity contribution is 0.396. The van der Waals surface area contributed by atoms with Crippen LogP contribution in [0.2, 0.25) is 0 Å². The number of unbranched alkanes of at least 4 members (excludes halogenated alkanes) is 1. The van der Waals surface area contributed by atoms with Gasteiger partial charge in [0.2, 0.25) is 0 Å². The number of anilines is 1. The Bertz CT molecular complexity index is 396. The third-order valence-corrected chi connectivity index (χ3v) is 3.11. The van der Waals surface area contributed by atoms with E-state index in [9.17, 15) is 0 Å². The average molecular weight is 296 g/mol. The van der Waals surface area contributed by atoms with Gasteiger partial charge in [0.05, 0.1) is 5.56 Å². The summed E-state index contributed by atoms with van der Waals surface area (Å²) in [6, 6.07) is 7.85. The Labute approximate surface area is 112 Å². The van der Waals surface area contributed by atoms with E-state index in [-0.39, 0.29) is 0 Å². The molecule has 0 atom stereocenters. The molecule has 0 aliphatic carbocycles. The highest BCUT2D eigenvalue weighted by Gasteiger charge is 1.99. The maximum absolute atomic E-state index is 8.80. The maximum atomic E-state index is 8.80. The lowest BCUT2D eigenvalue weighted by atomic mass is 10.2. The van der Waals surface area contributed by atoms with Gasteiger partial charge in [0.15, 0.2) is 0 Å². The third-order valence-electron chi connectivity index (χ3n) is 2.45. The summed E-state index contributed by atoms with van der Waals surface area (Å²) in [6.45, 7) is 2.09. The number of hydrogen-bond donors (Lipinski definition) is 1. The van der Waals surface area contributed by atoms with E-state index >= 15 is 0 Å². The largest absolute Gasteiger partial charge is 0.385 e. The van der Waals surface area contributed by atoms with Gasteiger partial charge in [-0.15, -0.1) is 0 Å². The molecule has 0 fully saturated rings. The number of nitrogens with zero attached hydrogens (tertiary/aromatic N) is 2. The van der Waals surface area contributed by atoms with Crippen molar-refractivity contribution >= 4 is 21.6 Å². The standard InChI is InChI=1S/C13H18BrN3/c1-17(2)8-4-3-7-16-12-6-5-11(10-15)13(14)9-12/h5-6,9,16H,3-4,7-8H2,1-2H3. The van der Waals surface area contributed by atoms with E-state index in [1.54, 1.807) is 0 Å². The van der Waals surface area contributed by atoms with E-state index in [0.29, 0.717) is 5.56 Å². The molecule has 0 radical (unpaired) electrons. The average Bonchev–Trinajstić information content (AvgIpc) is 2.28. The first kappa shape index (κ1) is 14.0. The van der Waals surface area contributed by atoms with Gasteiger partial charge in [-0.1, -0.05) is 0 Å². The third kappa shape index (κ3) is 5.20. The van der Waals surface area contributed by atoms with Crippen LogP contribution in [0.3, 0.4) is 0 Å². The second-order valence-electron chi connectivity index (χ2n) is 4.24. The van der Waals surface area contributed by atoms with Crippen LogP contribution >= 0.6 is 15.9 Å². The van der Waals surface area contributed by atoms with E-state index in [4.69, 9.17) is 5.26 Å². The van der Waals surface area contributed by atoms with Crippen molar-refractivity contribution in [1.82, 2.24) is 4.90 Å². The van der Waals surface area contributed by atoms with Crippen LogP contribution in [-0.2, 0) is 0 Å². The second kappa shape index (κ2) is 7.31. The summed E-state index contributed by atoms with van der Waals surface area (Å²) in [7, 11) is 4.18. The SMILES string of the molecule is CN(C)CCCCNc1ccc(C#N)c(Br)c1. The maximum Gasteiger partial charge on any atom is 0.100 e. The summed E-state index contributed by atoms with van der Waals surface area (Å²) in [6.07, 6.45) is 2.34. The molecule has 0 saturated carbocycles. The topological polar surface area (TPSA) is 39.1 Å². The zero-order valence-corrected chi connectivity index (χ0v) is 11.9. The number of nitriles is 1. The molecule has 92 valence electrons. The molecule has 0 aliphatic rings. The first-order valence-corrected chi connectivity index (χ1v) is 6.51. The lowest BCUT2D eigenvalue weighted by Gasteiger charge is -2.10. The normalized spacial score (nSPS) is 10.3. The van der Waals surface area contributed by atoms with Crippen LogP contribution in [0.4, 0.5) is 5.69 Å². The van der Waals surface area contributed by atoms with Gasteiger partial charge in [-0.25, -0.2) is 0 Å². The Morgan fingerprint density at radius 3 is 2.71 bits per heavy atom. The van der Waals surface area contributed by atoms with Gasteiger partial charge in [0.1, 0.15) is 6.07 Å². The van der Waals surface area contributed by atoms with Crippen LogP contribution in [0.25, 0.3) is 0 Å². The van der Waals surface area contributed by atoms with Crippen LogP contribution < -0.4 is 5.32 Å². The molecular formula is C13H18BrN3. The fourth-order valence-electron chi connectivity index (χ4n) is 1.50. The summed E-state index contributed by atoms with van der Waals surface area (Å²) in [5.41, 5.74) is 1.73. The van der Waals surface area contributed by atoms with Crippen LogP contribution in [0.5, 0.6) is 0 Å². The van der Waals surface area contributed by atoms with Gasteiger partial charge in [0.25, 0.3) is 0 Å². The van der Waals surface area contributed by atoms with Crippen molar-refractivity contribution in [3.63, 3.8) is 0 Å². The number of benzene rings is 1. The summed E-state index contributed by atoms with van der Waals surface area (Å²) in [5, 5.41) is 12.2. The van der Waals surface area contributed by atoms with Crippen LogP contribution in [0.15, 0.2) is 22.7 Å². The van der Waals surface area contributed by atoms with Crippen LogP contribution in [0.1, 0.15) is 18.4 Å². The van der Waals surface area contributed by atoms with E-state index in [2.05, 4.69) is 46.3 Å². The first-order chi connectivity index (χ1) is 8.13. The minimum Gasteiger partial charge on any atom is -0.385 e. The predicted octanol–water partition coefficient (Wildman–Crippen LogP) is 3.07. The summed E-state index contributed by atoms with van der Waals surface area (Å²) in [4.78, 5) is 2.19. The zero-order chi connectivity index (χ0) is 12.7. The van der Waals surface area contributed by atoms with Crippen molar-refractivity contribution in [2.45, 2.75) is 12.8 Å². The van der Waals surface area contributed by atoms with Crippen molar-refractivity contribution in [1.29, 1.82) is 5.26 Å². The minimum atomic E-state index is 0.670. The molecule has 0 bridgehead atoms. The van der Waals surface area contributed by atoms with Gasteiger partial charge < -0.3 is 10.2 Å². The second-order valence-corrected chi connectivity index (χ2v) is 5.10. The fraction of sp³-hybridized carbons (Fsp3) is 0.462. The van der Waals surface area contributed by atoms with Gasteiger partial charge in [-0.3, -0.25) is 0 Å². The lowest BCUT2D eigenvalue weighted by Crippen LogP contribution is -2.14. The Balaban J connectivity index is 2.33. The van der Waals surface area contributed by atoms with Crippen LogP contribution in [0, 0.1) is 11.3 Å². The van der Waals surface area contributed by atoms with Crippen molar-refractivity contribution in [3.05, 3.63) is 28.2 Å². The Kier molecular flexibility index (Phi) is 6.03. The van der Waals surface area contributed by atoms with E-state index in [1.807, 2.05) is 18.2 Å². The van der Waals surface area contributed by atoms with E-state index in [1.165, 1.54) is 6.42 Å². The molecule has 3 nitrogen and oxygen atoms in total. The highest BCUT2D eigenvalue weighted by Crippen LogP contribution is 2.20. The quantitative estimate of drug-likeness (QED) is 0.820. The fourth-order valence-corrected chi connectivity index (χ4v) is 1.97. The van der Waals surface area contributed by atoms with Gasteiger partial charge in [0, 0.05) is 16.7 Å². The van der Waals surface area contributed by atoms with Crippen molar-refractivity contribution in [2.75, 3.05) is 32.5 Å². The molecule has 0 aromatic heterocycles. The van der Waals surface area contributed by atoms with E-state index < -0.39 is 0 Å². The molecule has 0 amide bonds. The van der Waals surface area contributed by atoms with Crippen LogP contribution in [-0.4, -0.2) is 32.1 Å². The molecule has 1 rings (SSSR count). The Morgan fingerprint density at radius 2 is 2.12 bits per heavy atom. The molecular weight excluding hydrogens is 278 g/mol. The number of nitrogens with one attached hydrogen (secondary N) is 1. The Morgan fingerprint density at radius 1 is 1.35 bits per heavy atom. The molecule has 1 aromatic rings. The molecule has 1 N–H and O–H groups in total. The Hall–Kier alpha value is -1.05. The summed E-state index contributed by atoms with van der Waals surface area (Å²) < 4.78 is 0.846. The van der Waals surface area contributed by atoms with Crippen molar-refractivity contribution in [2.24, 2.45) is 0 Å². The molecule has 4 heteroatoms. The smallest absolute Gasteiger partial charge is 0.100 e. The molecule has 1 aromatic carbocycles. The molecule has 0 aliphatic heterocycles. The summed E-state index contributed by atoms with van der Waals surface area (Å²) in [5.74, 6) is 0. The predicted molar refractivity (Wildman–Crippen MR) is 75.1 cm³/mol. The molecule has 0 heterocycles. The number of rotatable bonds is 6. The highest BCUT2D eigenvalue weighted by atomic mass is 79.9. The van der Waals surface area contributed by atoms with Gasteiger partial charge in [-0.2, -0.15) is 5.26 Å². The number of halogens is 1. The first-order valence-electron chi connectivity index (χ1n) is 5.71. The van der Waals surface area contributed by atoms with Crippen molar-refractivity contribution < 1.29 is 0 Å². The van der Waals surface area contributed by atoms with Crippen molar-refractivity contribution in [3.8, 4) is 6.07 Å². The van der Waals surface area contributed by atoms with Gasteiger partial charge in [-0.05, 0) is 67.6 Å². The van der Waals surface area contributed by atoms with E-state index in [0.717, 1.165) is 29.7 Å². The van der Waals surface area contributed by atoms with Gasteiger partial charge >= 0.3 is 0 Å². The monoisotopic (exact) mass is 295 g/mol. The zero-order valence-electron chi connectivity index (χ0n) is 10.3.